The Hall–Kier alpha value is -3.05. The summed E-state index contributed by atoms with van der Waals surface area (Å²) in [6, 6.07) is 17.8. The number of nitrogens with zero attached hydrogens (tertiary/aromatic N) is 1. The highest BCUT2D eigenvalue weighted by molar-refractivity contribution is 8.03. The summed E-state index contributed by atoms with van der Waals surface area (Å²) in [5.74, 6) is 1.29. The maximum absolute atomic E-state index is 10.9. The fourth-order valence-electron chi connectivity index (χ4n) is 2.95. The van der Waals surface area contributed by atoms with Crippen LogP contribution in [0.5, 0.6) is 11.5 Å². The minimum Gasteiger partial charge on any atom is -0.457 e. The Morgan fingerprint density at radius 2 is 1.90 bits per heavy atom. The number of anilines is 1. The molecule has 0 saturated heterocycles. The number of aryl methyl sites for hydroxylation is 2. The molecule has 0 aliphatic carbocycles. The maximum atomic E-state index is 10.9. The largest absolute Gasteiger partial charge is 0.457 e. The molecular weight excluding hydrogens is 392 g/mol. The minimum atomic E-state index is 0.345. The van der Waals surface area contributed by atoms with Gasteiger partial charge in [0.2, 0.25) is 0 Å². The highest BCUT2D eigenvalue weighted by atomic mass is 32.2. The molecule has 3 rings (SSSR count). The van der Waals surface area contributed by atoms with Gasteiger partial charge in [0.15, 0.2) is 6.29 Å². The van der Waals surface area contributed by atoms with E-state index < -0.39 is 0 Å². The lowest BCUT2D eigenvalue weighted by Gasteiger charge is -2.13. The number of ether oxygens (including phenoxy) is 1. The second-order valence-corrected chi connectivity index (χ2v) is 8.15. The molecular formula is C25H26N2O2S. The van der Waals surface area contributed by atoms with E-state index in [0.717, 1.165) is 27.6 Å². The molecule has 0 amide bonds. The Morgan fingerprint density at radius 1 is 1.13 bits per heavy atom. The SMILES string of the molecule is C=C(Nc1ccc(CCCC)cc1)Sc1ccc(Oc2ccnc(C=O)c2)cc1C. The van der Waals surface area contributed by atoms with Crippen LogP contribution in [-0.2, 0) is 6.42 Å². The Kier molecular flexibility index (Phi) is 7.69. The molecule has 0 radical (unpaired) electrons. The van der Waals surface area contributed by atoms with Gasteiger partial charge in [-0.2, -0.15) is 0 Å². The van der Waals surface area contributed by atoms with Crippen LogP contribution in [0.15, 0.2) is 77.3 Å². The Morgan fingerprint density at radius 3 is 2.60 bits per heavy atom. The van der Waals surface area contributed by atoms with Gasteiger partial charge in [0.05, 0.1) is 5.03 Å². The standard InChI is InChI=1S/C25H26N2O2S/c1-4-5-6-20-7-9-21(10-8-20)27-19(3)30-25-12-11-23(15-18(25)2)29-24-13-14-26-22(16-24)17-28/h7-17,27H,3-6H2,1-2H3. The quantitative estimate of drug-likeness (QED) is 0.283. The number of aldehydes is 1. The summed E-state index contributed by atoms with van der Waals surface area (Å²) in [5.41, 5.74) is 3.83. The third kappa shape index (κ3) is 6.22. The van der Waals surface area contributed by atoms with Crippen molar-refractivity contribution in [3.05, 3.63) is 89.2 Å². The number of unbranched alkanes of at least 4 members (excludes halogenated alkanes) is 1. The molecule has 4 nitrogen and oxygen atoms in total. The highest BCUT2D eigenvalue weighted by Gasteiger charge is 2.06. The van der Waals surface area contributed by atoms with Gasteiger partial charge in [-0.15, -0.1) is 0 Å². The zero-order chi connectivity index (χ0) is 21.3. The molecule has 0 aliphatic heterocycles. The third-order valence-corrected chi connectivity index (χ3v) is 5.57. The van der Waals surface area contributed by atoms with E-state index in [4.69, 9.17) is 4.74 Å². The fourth-order valence-corrected chi connectivity index (χ4v) is 3.74. The first kappa shape index (κ1) is 21.7. The van der Waals surface area contributed by atoms with Crippen LogP contribution in [0.2, 0.25) is 0 Å². The van der Waals surface area contributed by atoms with Gasteiger partial charge in [-0.1, -0.05) is 43.8 Å². The van der Waals surface area contributed by atoms with Crippen molar-refractivity contribution in [2.75, 3.05) is 5.32 Å². The second-order valence-electron chi connectivity index (χ2n) is 7.01. The van der Waals surface area contributed by atoms with Crippen LogP contribution in [0.25, 0.3) is 0 Å². The number of pyridine rings is 1. The van der Waals surface area contributed by atoms with Crippen molar-refractivity contribution < 1.29 is 9.53 Å². The van der Waals surface area contributed by atoms with Crippen molar-refractivity contribution in [2.24, 2.45) is 0 Å². The Balaban J connectivity index is 1.59. The summed E-state index contributed by atoms with van der Waals surface area (Å²) in [5, 5.41) is 4.22. The predicted molar refractivity (Wildman–Crippen MR) is 125 cm³/mol. The van der Waals surface area contributed by atoms with Crippen molar-refractivity contribution in [1.82, 2.24) is 4.98 Å². The summed E-state index contributed by atoms with van der Waals surface area (Å²) in [6.07, 6.45) is 5.81. The minimum absolute atomic E-state index is 0.345. The average molecular weight is 419 g/mol. The van der Waals surface area contributed by atoms with Gasteiger partial charge in [0.1, 0.15) is 17.2 Å². The number of benzene rings is 2. The molecule has 1 N–H and O–H groups in total. The van der Waals surface area contributed by atoms with Gasteiger partial charge in [-0.3, -0.25) is 9.78 Å². The molecule has 0 fully saturated rings. The molecule has 1 heterocycles. The number of hydrogen-bond acceptors (Lipinski definition) is 5. The molecule has 0 bridgehead atoms. The van der Waals surface area contributed by atoms with Crippen LogP contribution < -0.4 is 10.1 Å². The molecule has 3 aromatic rings. The van der Waals surface area contributed by atoms with E-state index in [1.807, 2.05) is 25.1 Å². The zero-order valence-electron chi connectivity index (χ0n) is 17.4. The molecule has 0 aliphatic rings. The molecule has 0 unspecified atom stereocenters. The molecule has 154 valence electrons. The lowest BCUT2D eigenvalue weighted by molar-refractivity contribution is 0.111. The molecule has 2 aromatic carbocycles. The number of nitrogens with one attached hydrogen (secondary N) is 1. The normalized spacial score (nSPS) is 10.5. The molecule has 30 heavy (non-hydrogen) atoms. The maximum Gasteiger partial charge on any atom is 0.168 e. The van der Waals surface area contributed by atoms with Gasteiger partial charge < -0.3 is 10.1 Å². The van der Waals surface area contributed by atoms with Crippen molar-refractivity contribution in [2.45, 2.75) is 38.0 Å². The number of carbonyl (C=O) groups excluding carboxylic acids is 1. The van der Waals surface area contributed by atoms with E-state index in [9.17, 15) is 4.79 Å². The van der Waals surface area contributed by atoms with E-state index in [1.165, 1.54) is 18.4 Å². The average Bonchev–Trinajstić information content (AvgIpc) is 2.75. The summed E-state index contributed by atoms with van der Waals surface area (Å²) in [6.45, 7) is 8.39. The number of thioether (sulfide) groups is 1. The van der Waals surface area contributed by atoms with Crippen LogP contribution >= 0.6 is 11.8 Å². The summed E-state index contributed by atoms with van der Waals surface area (Å²) >= 11 is 1.59. The van der Waals surface area contributed by atoms with E-state index in [-0.39, 0.29) is 0 Å². The first-order valence-electron chi connectivity index (χ1n) is 10.00. The van der Waals surface area contributed by atoms with Crippen molar-refractivity contribution in [3.63, 3.8) is 0 Å². The molecule has 1 aromatic heterocycles. The Bertz CT molecular complexity index is 1020. The Labute approximate surface area is 182 Å². The van der Waals surface area contributed by atoms with E-state index in [1.54, 1.807) is 30.1 Å². The number of hydrogen-bond donors (Lipinski definition) is 1. The van der Waals surface area contributed by atoms with E-state index in [2.05, 4.69) is 48.1 Å². The zero-order valence-corrected chi connectivity index (χ0v) is 18.2. The fraction of sp³-hybridized carbons (Fsp3) is 0.200. The van der Waals surface area contributed by atoms with Gasteiger partial charge in [0.25, 0.3) is 0 Å². The van der Waals surface area contributed by atoms with Gasteiger partial charge in [-0.25, -0.2) is 0 Å². The lowest BCUT2D eigenvalue weighted by Crippen LogP contribution is -1.96. The first-order valence-corrected chi connectivity index (χ1v) is 10.8. The summed E-state index contributed by atoms with van der Waals surface area (Å²) < 4.78 is 5.85. The molecule has 0 saturated carbocycles. The van der Waals surface area contributed by atoms with Crippen molar-refractivity contribution >= 4 is 23.7 Å². The predicted octanol–water partition coefficient (Wildman–Crippen LogP) is 7.01. The molecule has 0 spiro atoms. The first-order chi connectivity index (χ1) is 14.6. The van der Waals surface area contributed by atoms with Gasteiger partial charge in [0, 0.05) is 22.8 Å². The van der Waals surface area contributed by atoms with Crippen LogP contribution in [0.1, 0.15) is 41.4 Å². The number of carbonyl (C=O) groups is 1. The lowest BCUT2D eigenvalue weighted by atomic mass is 10.1. The topological polar surface area (TPSA) is 51.2 Å². The van der Waals surface area contributed by atoms with Crippen molar-refractivity contribution in [1.29, 1.82) is 0 Å². The van der Waals surface area contributed by atoms with Crippen LogP contribution in [-0.4, -0.2) is 11.3 Å². The third-order valence-electron chi connectivity index (χ3n) is 4.55. The van der Waals surface area contributed by atoms with E-state index in [0.29, 0.717) is 23.5 Å². The smallest absolute Gasteiger partial charge is 0.168 e. The molecule has 5 heteroatoms. The van der Waals surface area contributed by atoms with E-state index >= 15 is 0 Å². The number of aromatic nitrogens is 1. The monoisotopic (exact) mass is 418 g/mol. The summed E-state index contributed by atoms with van der Waals surface area (Å²) in [4.78, 5) is 15.9. The van der Waals surface area contributed by atoms with Crippen LogP contribution in [0.3, 0.4) is 0 Å². The van der Waals surface area contributed by atoms with Crippen LogP contribution in [0, 0.1) is 6.92 Å². The van der Waals surface area contributed by atoms with Crippen molar-refractivity contribution in [3.8, 4) is 11.5 Å². The number of rotatable bonds is 10. The van der Waals surface area contributed by atoms with Gasteiger partial charge in [-0.05, 0) is 67.3 Å². The summed E-state index contributed by atoms with van der Waals surface area (Å²) in [7, 11) is 0. The van der Waals surface area contributed by atoms with Crippen LogP contribution in [0.4, 0.5) is 5.69 Å². The highest BCUT2D eigenvalue weighted by Crippen LogP contribution is 2.32. The molecule has 0 atom stereocenters. The second kappa shape index (κ2) is 10.6. The van der Waals surface area contributed by atoms with Gasteiger partial charge >= 0.3 is 0 Å².